The lowest BCUT2D eigenvalue weighted by atomic mass is 10.0. The van der Waals surface area contributed by atoms with E-state index in [9.17, 15) is 19.2 Å². The van der Waals surface area contributed by atoms with Crippen LogP contribution in [0.2, 0.25) is 5.28 Å². The minimum atomic E-state index is -0.608. The van der Waals surface area contributed by atoms with Crippen LogP contribution in [0.5, 0.6) is 0 Å². The van der Waals surface area contributed by atoms with Crippen LogP contribution in [-0.4, -0.2) is 43.3 Å². The fraction of sp³-hybridized carbons (Fsp3) is 0.438. The zero-order valence-electron chi connectivity index (χ0n) is 15.7. The van der Waals surface area contributed by atoms with Gasteiger partial charge in [0.05, 0.1) is 30.5 Å². The highest BCUT2D eigenvalue weighted by molar-refractivity contribution is 6.29. The average Bonchev–Trinajstić information content (AvgIpc) is 2.94. The molecule has 1 atom stereocenters. The third-order valence-electron chi connectivity index (χ3n) is 4.48. The zero-order chi connectivity index (χ0) is 20.7. The van der Waals surface area contributed by atoms with Crippen molar-refractivity contribution in [2.24, 2.45) is 14.1 Å². The lowest BCUT2D eigenvalue weighted by Gasteiger charge is -2.27. The Labute approximate surface area is 163 Å². The highest BCUT2D eigenvalue weighted by atomic mass is 35.5. The van der Waals surface area contributed by atoms with Crippen molar-refractivity contribution in [2.45, 2.75) is 26.4 Å². The summed E-state index contributed by atoms with van der Waals surface area (Å²) in [7, 11) is 2.81. The fourth-order valence-electron chi connectivity index (χ4n) is 3.13. The van der Waals surface area contributed by atoms with Crippen LogP contribution in [0.4, 0.5) is 4.79 Å². The van der Waals surface area contributed by atoms with Crippen LogP contribution in [-0.2, 0) is 30.2 Å². The van der Waals surface area contributed by atoms with Crippen molar-refractivity contribution >= 4 is 34.8 Å². The second-order valence-corrected chi connectivity index (χ2v) is 6.62. The maximum absolute atomic E-state index is 12.6. The third-order valence-corrected chi connectivity index (χ3v) is 4.77. The van der Waals surface area contributed by atoms with Crippen LogP contribution in [0.25, 0.3) is 11.2 Å². The number of hydrogen-bond acceptors (Lipinski definition) is 6. The average molecular weight is 411 g/mol. The summed E-state index contributed by atoms with van der Waals surface area (Å²) in [5, 5.41) is 5.09. The number of nitrogens with one attached hydrogen (secondary N) is 2. The van der Waals surface area contributed by atoms with Gasteiger partial charge in [-0.25, -0.2) is 14.4 Å². The Morgan fingerprint density at radius 1 is 1.25 bits per heavy atom. The van der Waals surface area contributed by atoms with Gasteiger partial charge in [0, 0.05) is 14.1 Å². The molecule has 0 bridgehead atoms. The molecule has 2 N–H and O–H groups in total. The van der Waals surface area contributed by atoms with Gasteiger partial charge in [-0.1, -0.05) is 0 Å². The first kappa shape index (κ1) is 19.7. The van der Waals surface area contributed by atoms with E-state index in [0.29, 0.717) is 0 Å². The lowest BCUT2D eigenvalue weighted by molar-refractivity contribution is -0.139. The van der Waals surface area contributed by atoms with E-state index in [-0.39, 0.29) is 40.9 Å². The van der Waals surface area contributed by atoms with E-state index >= 15 is 0 Å². The van der Waals surface area contributed by atoms with Gasteiger partial charge in [-0.3, -0.25) is 13.9 Å². The van der Waals surface area contributed by atoms with Crippen LogP contribution in [0, 0.1) is 0 Å². The zero-order valence-corrected chi connectivity index (χ0v) is 16.5. The largest absolute Gasteiger partial charge is 0.463 e. The Bertz CT molecular complexity index is 1140. The third kappa shape index (κ3) is 3.07. The maximum Gasteiger partial charge on any atom is 0.337 e. The molecule has 0 saturated heterocycles. The number of amides is 2. The summed E-state index contributed by atoms with van der Waals surface area (Å²) < 4.78 is 8.54. The standard InChI is InChI=1S/C16H19ClN6O5/c1-5-28-13(25)9-7(2)18-15(26)19-8(9)6-23-10-11(20-14(23)17)21(3)16(27)22(4)12(10)24/h7H,5-6H2,1-4H3,(H2,18,19,26). The van der Waals surface area contributed by atoms with E-state index in [1.807, 2.05) is 0 Å². The van der Waals surface area contributed by atoms with Crippen LogP contribution < -0.4 is 21.9 Å². The maximum atomic E-state index is 12.6. The summed E-state index contributed by atoms with van der Waals surface area (Å²) in [6.45, 7) is 3.35. The summed E-state index contributed by atoms with van der Waals surface area (Å²) >= 11 is 6.22. The number of allylic oxidation sites excluding steroid dienone is 1. The number of nitrogens with zero attached hydrogens (tertiary/aromatic N) is 4. The summed E-state index contributed by atoms with van der Waals surface area (Å²) in [4.78, 5) is 53.2. The Hall–Kier alpha value is -3.08. The predicted octanol–water partition coefficient (Wildman–Crippen LogP) is -0.394. The second kappa shape index (κ2) is 7.15. The minimum absolute atomic E-state index is 0.0653. The number of carbonyl (C=O) groups is 2. The molecule has 3 rings (SSSR count). The highest BCUT2D eigenvalue weighted by Gasteiger charge is 2.31. The number of esters is 1. The Balaban J connectivity index is 2.23. The van der Waals surface area contributed by atoms with Gasteiger partial charge in [0.2, 0.25) is 5.28 Å². The number of urea groups is 1. The number of hydrogen-bond donors (Lipinski definition) is 2. The van der Waals surface area contributed by atoms with Gasteiger partial charge in [-0.2, -0.15) is 4.98 Å². The second-order valence-electron chi connectivity index (χ2n) is 6.28. The molecule has 150 valence electrons. The Morgan fingerprint density at radius 3 is 2.57 bits per heavy atom. The molecule has 0 spiro atoms. The molecule has 3 heterocycles. The van der Waals surface area contributed by atoms with E-state index in [1.165, 1.54) is 23.2 Å². The van der Waals surface area contributed by atoms with Crippen molar-refractivity contribution in [1.82, 2.24) is 29.3 Å². The monoisotopic (exact) mass is 410 g/mol. The summed E-state index contributed by atoms with van der Waals surface area (Å²) in [5.41, 5.74) is -0.526. The Morgan fingerprint density at radius 2 is 1.93 bits per heavy atom. The van der Waals surface area contributed by atoms with Gasteiger partial charge in [-0.05, 0) is 25.4 Å². The van der Waals surface area contributed by atoms with Gasteiger partial charge < -0.3 is 19.9 Å². The minimum Gasteiger partial charge on any atom is -0.463 e. The van der Waals surface area contributed by atoms with Crippen molar-refractivity contribution in [3.8, 4) is 0 Å². The number of halogens is 1. The number of fused-ring (bicyclic) bond motifs is 1. The van der Waals surface area contributed by atoms with Crippen LogP contribution in [0.15, 0.2) is 20.9 Å². The molecule has 28 heavy (non-hydrogen) atoms. The van der Waals surface area contributed by atoms with Gasteiger partial charge in [-0.15, -0.1) is 0 Å². The van der Waals surface area contributed by atoms with Crippen LogP contribution in [0.1, 0.15) is 13.8 Å². The van der Waals surface area contributed by atoms with Gasteiger partial charge in [0.1, 0.15) is 0 Å². The van der Waals surface area contributed by atoms with E-state index in [4.69, 9.17) is 16.3 Å². The molecule has 2 aromatic heterocycles. The number of aryl methyl sites for hydroxylation is 1. The summed E-state index contributed by atoms with van der Waals surface area (Å²) in [6.07, 6.45) is 0. The topological polar surface area (TPSA) is 129 Å². The van der Waals surface area contributed by atoms with E-state index < -0.39 is 29.3 Å². The van der Waals surface area contributed by atoms with Gasteiger partial charge in [0.25, 0.3) is 5.56 Å². The molecule has 2 amide bonds. The van der Waals surface area contributed by atoms with Crippen molar-refractivity contribution < 1.29 is 14.3 Å². The van der Waals surface area contributed by atoms with Gasteiger partial charge in [0.15, 0.2) is 11.2 Å². The fourth-order valence-corrected chi connectivity index (χ4v) is 3.35. The summed E-state index contributed by atoms with van der Waals surface area (Å²) in [6, 6.07) is -1.11. The van der Waals surface area contributed by atoms with Crippen molar-refractivity contribution in [3.05, 3.63) is 37.4 Å². The van der Waals surface area contributed by atoms with Crippen LogP contribution >= 0.6 is 11.6 Å². The van der Waals surface area contributed by atoms with Crippen molar-refractivity contribution in [3.63, 3.8) is 0 Å². The molecule has 11 nitrogen and oxygen atoms in total. The number of rotatable bonds is 4. The molecular weight excluding hydrogens is 392 g/mol. The van der Waals surface area contributed by atoms with Crippen molar-refractivity contribution in [2.75, 3.05) is 6.61 Å². The van der Waals surface area contributed by atoms with Gasteiger partial charge >= 0.3 is 17.7 Å². The van der Waals surface area contributed by atoms with E-state index in [1.54, 1.807) is 13.8 Å². The predicted molar refractivity (Wildman–Crippen MR) is 100 cm³/mol. The summed E-state index contributed by atoms with van der Waals surface area (Å²) in [5.74, 6) is -0.599. The first-order valence-electron chi connectivity index (χ1n) is 8.46. The van der Waals surface area contributed by atoms with Crippen molar-refractivity contribution in [1.29, 1.82) is 0 Å². The lowest BCUT2D eigenvalue weighted by Crippen LogP contribution is -2.50. The Kier molecular flexibility index (Phi) is 5.02. The molecule has 12 heteroatoms. The molecular formula is C16H19ClN6O5. The highest BCUT2D eigenvalue weighted by Crippen LogP contribution is 2.21. The molecule has 0 fully saturated rings. The molecule has 1 aliphatic rings. The number of imidazole rings is 1. The van der Waals surface area contributed by atoms with E-state index in [2.05, 4.69) is 15.6 Å². The molecule has 1 aliphatic heterocycles. The van der Waals surface area contributed by atoms with E-state index in [0.717, 1.165) is 4.57 Å². The molecule has 0 aromatic carbocycles. The number of ether oxygens (including phenoxy) is 1. The van der Waals surface area contributed by atoms with Crippen LogP contribution in [0.3, 0.4) is 0 Å². The molecule has 0 aliphatic carbocycles. The molecule has 0 saturated carbocycles. The smallest absolute Gasteiger partial charge is 0.337 e. The first-order chi connectivity index (χ1) is 13.2. The quantitative estimate of drug-likeness (QED) is 0.521. The first-order valence-corrected chi connectivity index (χ1v) is 8.84. The molecule has 1 unspecified atom stereocenters. The normalized spacial score (nSPS) is 16.9. The SMILES string of the molecule is CCOC(=O)C1=C(Cn2c(Cl)nc3c2c(=O)n(C)c(=O)n3C)NC(=O)NC1C. The number of aromatic nitrogens is 4. The molecule has 2 aromatic rings. The molecule has 0 radical (unpaired) electrons. The number of carbonyl (C=O) groups excluding carboxylic acids is 2.